The van der Waals surface area contributed by atoms with Crippen molar-refractivity contribution in [3.05, 3.63) is 0 Å². The van der Waals surface area contributed by atoms with E-state index in [9.17, 15) is 14.7 Å². The molecule has 1 rings (SSSR count). The monoisotopic (exact) mass is 297 g/mol. The summed E-state index contributed by atoms with van der Waals surface area (Å²) in [6.07, 6.45) is 4.61. The number of aliphatic carboxylic acids is 1. The molecule has 2 atom stereocenters. The molecule has 1 fully saturated rings. The lowest BCUT2D eigenvalue weighted by Gasteiger charge is -2.36. The Bertz CT molecular complexity index is 365. The summed E-state index contributed by atoms with van der Waals surface area (Å²) in [6.45, 7) is 10.6. The first kappa shape index (κ1) is 18.0. The van der Waals surface area contributed by atoms with Gasteiger partial charge in [-0.1, -0.05) is 41.0 Å². The molecular formula is C17H31NO3. The topological polar surface area (TPSA) is 66.4 Å². The third-order valence-electron chi connectivity index (χ3n) is 5.10. The molecule has 0 aliphatic heterocycles. The van der Waals surface area contributed by atoms with Gasteiger partial charge in [-0.15, -0.1) is 0 Å². The van der Waals surface area contributed by atoms with Crippen LogP contribution in [0, 0.1) is 23.2 Å². The summed E-state index contributed by atoms with van der Waals surface area (Å²) < 4.78 is 0. The van der Waals surface area contributed by atoms with E-state index in [0.717, 1.165) is 32.1 Å². The van der Waals surface area contributed by atoms with Crippen LogP contribution in [-0.2, 0) is 9.59 Å². The molecule has 0 aromatic heterocycles. The molecule has 0 saturated heterocycles. The second-order valence-corrected chi connectivity index (χ2v) is 7.62. The van der Waals surface area contributed by atoms with Crippen LogP contribution >= 0.6 is 0 Å². The molecule has 4 heteroatoms. The maximum Gasteiger partial charge on any atom is 0.326 e. The number of rotatable bonds is 5. The van der Waals surface area contributed by atoms with E-state index in [-0.39, 0.29) is 17.7 Å². The zero-order chi connectivity index (χ0) is 16.2. The lowest BCUT2D eigenvalue weighted by molar-refractivity contribution is -0.144. The van der Waals surface area contributed by atoms with Crippen LogP contribution < -0.4 is 5.32 Å². The van der Waals surface area contributed by atoms with Crippen molar-refractivity contribution in [2.24, 2.45) is 23.2 Å². The minimum Gasteiger partial charge on any atom is -0.480 e. The van der Waals surface area contributed by atoms with Crippen LogP contribution in [-0.4, -0.2) is 23.0 Å². The standard InChI is InChI=1S/C17H31NO3/c1-6-11(2)14(16(20)21)18-15(19)12-7-9-13(10-8-12)17(3,4)5/h11-14H,6-10H2,1-5H3,(H,18,19)(H,20,21). The highest BCUT2D eigenvalue weighted by atomic mass is 16.4. The Morgan fingerprint density at radius 3 is 2.10 bits per heavy atom. The van der Waals surface area contributed by atoms with E-state index in [2.05, 4.69) is 26.1 Å². The van der Waals surface area contributed by atoms with E-state index in [4.69, 9.17) is 0 Å². The Labute approximate surface area is 128 Å². The van der Waals surface area contributed by atoms with Crippen LogP contribution in [0.2, 0.25) is 0 Å². The average Bonchev–Trinajstić information content (AvgIpc) is 2.42. The van der Waals surface area contributed by atoms with Gasteiger partial charge in [0.2, 0.25) is 5.91 Å². The number of carbonyl (C=O) groups excluding carboxylic acids is 1. The second-order valence-electron chi connectivity index (χ2n) is 7.62. The summed E-state index contributed by atoms with van der Waals surface area (Å²) in [5.41, 5.74) is 0.293. The Hall–Kier alpha value is -1.06. The molecule has 0 aromatic carbocycles. The molecule has 0 aromatic rings. The SMILES string of the molecule is CCC(C)C(NC(=O)C1CCC(C(C)(C)C)CC1)C(=O)O. The molecule has 0 bridgehead atoms. The van der Waals surface area contributed by atoms with Crippen molar-refractivity contribution < 1.29 is 14.7 Å². The lowest BCUT2D eigenvalue weighted by Crippen LogP contribution is -2.47. The minimum absolute atomic E-state index is 0.0190. The molecule has 1 amide bonds. The molecule has 4 nitrogen and oxygen atoms in total. The summed E-state index contributed by atoms with van der Waals surface area (Å²) in [6, 6.07) is -0.761. The van der Waals surface area contributed by atoms with Gasteiger partial charge >= 0.3 is 5.97 Å². The van der Waals surface area contributed by atoms with Crippen LogP contribution in [0.25, 0.3) is 0 Å². The Balaban J connectivity index is 2.55. The van der Waals surface area contributed by atoms with Crippen molar-refractivity contribution in [3.63, 3.8) is 0 Å². The lowest BCUT2D eigenvalue weighted by atomic mass is 9.69. The van der Waals surface area contributed by atoms with Gasteiger partial charge in [0.1, 0.15) is 6.04 Å². The molecule has 2 unspecified atom stereocenters. The van der Waals surface area contributed by atoms with Crippen LogP contribution in [0.15, 0.2) is 0 Å². The number of carboxylic acids is 1. The first-order valence-electron chi connectivity index (χ1n) is 8.20. The van der Waals surface area contributed by atoms with Gasteiger partial charge in [0.25, 0.3) is 0 Å². The van der Waals surface area contributed by atoms with Crippen LogP contribution in [0.3, 0.4) is 0 Å². The fraction of sp³-hybridized carbons (Fsp3) is 0.882. The minimum atomic E-state index is -0.930. The first-order valence-corrected chi connectivity index (χ1v) is 8.20. The van der Waals surface area contributed by atoms with Crippen molar-refractivity contribution >= 4 is 11.9 Å². The van der Waals surface area contributed by atoms with E-state index in [1.807, 2.05) is 13.8 Å². The third kappa shape index (κ3) is 5.01. The number of nitrogens with one attached hydrogen (secondary N) is 1. The van der Waals surface area contributed by atoms with Gasteiger partial charge in [0.15, 0.2) is 0 Å². The summed E-state index contributed by atoms with van der Waals surface area (Å²) in [5.74, 6) is -0.408. The van der Waals surface area contributed by atoms with Crippen molar-refractivity contribution in [2.45, 2.75) is 72.8 Å². The van der Waals surface area contributed by atoms with Gasteiger partial charge in [0.05, 0.1) is 0 Å². The third-order valence-corrected chi connectivity index (χ3v) is 5.10. The molecular weight excluding hydrogens is 266 g/mol. The second kappa shape index (κ2) is 7.28. The van der Waals surface area contributed by atoms with Gasteiger partial charge in [0, 0.05) is 5.92 Å². The van der Waals surface area contributed by atoms with E-state index in [0.29, 0.717) is 11.3 Å². The normalized spacial score (nSPS) is 26.0. The quantitative estimate of drug-likeness (QED) is 0.816. The van der Waals surface area contributed by atoms with Crippen molar-refractivity contribution in [2.75, 3.05) is 0 Å². The first-order chi connectivity index (χ1) is 9.66. The van der Waals surface area contributed by atoms with E-state index < -0.39 is 12.0 Å². The number of carboxylic acid groups (broad SMARTS) is 1. The molecule has 0 heterocycles. The molecule has 0 spiro atoms. The highest BCUT2D eigenvalue weighted by molar-refractivity contribution is 5.85. The van der Waals surface area contributed by atoms with Gasteiger partial charge < -0.3 is 10.4 Å². The maximum atomic E-state index is 12.3. The van der Waals surface area contributed by atoms with Crippen LogP contribution in [0.1, 0.15) is 66.7 Å². The fourth-order valence-electron chi connectivity index (χ4n) is 3.18. The van der Waals surface area contributed by atoms with Gasteiger partial charge in [-0.05, 0) is 42.9 Å². The molecule has 1 aliphatic carbocycles. The fourth-order valence-corrected chi connectivity index (χ4v) is 3.18. The number of hydrogen-bond acceptors (Lipinski definition) is 2. The smallest absolute Gasteiger partial charge is 0.326 e. The van der Waals surface area contributed by atoms with E-state index in [1.54, 1.807) is 0 Å². The van der Waals surface area contributed by atoms with E-state index in [1.165, 1.54) is 0 Å². The molecule has 0 radical (unpaired) electrons. The zero-order valence-corrected chi connectivity index (χ0v) is 14.1. The predicted octanol–water partition coefficient (Wildman–Crippen LogP) is 3.45. The molecule has 1 saturated carbocycles. The number of carbonyl (C=O) groups is 2. The zero-order valence-electron chi connectivity index (χ0n) is 14.1. The molecule has 1 aliphatic rings. The van der Waals surface area contributed by atoms with Gasteiger partial charge in [-0.25, -0.2) is 4.79 Å². The average molecular weight is 297 g/mol. The van der Waals surface area contributed by atoms with E-state index >= 15 is 0 Å². The Morgan fingerprint density at radius 2 is 1.71 bits per heavy atom. The highest BCUT2D eigenvalue weighted by Crippen LogP contribution is 2.39. The molecule has 2 N–H and O–H groups in total. The Morgan fingerprint density at radius 1 is 1.19 bits per heavy atom. The van der Waals surface area contributed by atoms with Crippen LogP contribution in [0.4, 0.5) is 0 Å². The maximum absolute atomic E-state index is 12.3. The van der Waals surface area contributed by atoms with Crippen molar-refractivity contribution in [3.8, 4) is 0 Å². The summed E-state index contributed by atoms with van der Waals surface area (Å²) in [4.78, 5) is 23.6. The van der Waals surface area contributed by atoms with Crippen molar-refractivity contribution in [1.29, 1.82) is 0 Å². The summed E-state index contributed by atoms with van der Waals surface area (Å²) in [5, 5.41) is 12.0. The number of hydrogen-bond donors (Lipinski definition) is 2. The Kier molecular flexibility index (Phi) is 6.24. The predicted molar refractivity (Wildman–Crippen MR) is 83.9 cm³/mol. The highest BCUT2D eigenvalue weighted by Gasteiger charge is 2.34. The summed E-state index contributed by atoms with van der Waals surface area (Å²) >= 11 is 0. The largest absolute Gasteiger partial charge is 0.480 e. The van der Waals surface area contributed by atoms with Gasteiger partial charge in [-0.3, -0.25) is 4.79 Å². The summed E-state index contributed by atoms with van der Waals surface area (Å²) in [7, 11) is 0. The number of amides is 1. The molecule has 21 heavy (non-hydrogen) atoms. The molecule has 122 valence electrons. The van der Waals surface area contributed by atoms with Crippen molar-refractivity contribution in [1.82, 2.24) is 5.32 Å². The van der Waals surface area contributed by atoms with Gasteiger partial charge in [-0.2, -0.15) is 0 Å². The van der Waals surface area contributed by atoms with Crippen LogP contribution in [0.5, 0.6) is 0 Å².